The molecule has 16 heavy (non-hydrogen) atoms. The van der Waals surface area contributed by atoms with Crippen molar-refractivity contribution in [3.63, 3.8) is 0 Å². The monoisotopic (exact) mass is 331 g/mol. The van der Waals surface area contributed by atoms with Crippen LogP contribution in [0.4, 0.5) is 0 Å². The molecule has 0 amide bonds. The molecule has 2 rings (SSSR count). The van der Waals surface area contributed by atoms with Crippen LogP contribution in [0.3, 0.4) is 0 Å². The molecule has 0 aliphatic carbocycles. The normalized spacial score (nSPS) is 9.94. The molecule has 0 bridgehead atoms. The van der Waals surface area contributed by atoms with Crippen LogP contribution in [-0.2, 0) is 31.6 Å². The van der Waals surface area contributed by atoms with Crippen molar-refractivity contribution < 1.29 is 51.0 Å². The average Bonchev–Trinajstić information content (AvgIpc) is 2.45. The van der Waals surface area contributed by atoms with Gasteiger partial charge in [-0.05, 0) is 5.41 Å². The van der Waals surface area contributed by atoms with Gasteiger partial charge in [-0.2, -0.15) is 6.07 Å². The summed E-state index contributed by atoms with van der Waals surface area (Å²) in [6.45, 7) is 6.75. The van der Waals surface area contributed by atoms with Gasteiger partial charge in [-0.25, -0.2) is 0 Å². The molecule has 0 saturated carbocycles. The van der Waals surface area contributed by atoms with Gasteiger partial charge in [0.2, 0.25) is 0 Å². The Bertz CT molecular complexity index is 394. The Labute approximate surface area is 129 Å². The second-order valence-corrected chi connectivity index (χ2v) is 4.62. The molecular formula is C13H15Cl2Zr. The van der Waals surface area contributed by atoms with E-state index in [1.54, 1.807) is 0 Å². The van der Waals surface area contributed by atoms with E-state index in [1.165, 1.54) is 16.3 Å². The Morgan fingerprint density at radius 3 is 2.06 bits per heavy atom. The third kappa shape index (κ3) is 3.95. The van der Waals surface area contributed by atoms with Gasteiger partial charge < -0.3 is 24.8 Å². The Balaban J connectivity index is 0. The van der Waals surface area contributed by atoms with Gasteiger partial charge in [0.15, 0.2) is 0 Å². The predicted octanol–water partition coefficient (Wildman–Crippen LogP) is -2.14. The fourth-order valence-electron chi connectivity index (χ4n) is 1.58. The van der Waals surface area contributed by atoms with Gasteiger partial charge >= 0.3 is 26.2 Å². The maximum atomic E-state index is 2.29. The molecule has 0 fully saturated rings. The minimum atomic E-state index is 0. The molecule has 1 radical (unpaired) electrons. The topological polar surface area (TPSA) is 0 Å². The van der Waals surface area contributed by atoms with Crippen LogP contribution in [0.25, 0.3) is 10.8 Å². The van der Waals surface area contributed by atoms with Crippen molar-refractivity contribution in [3.05, 3.63) is 42.0 Å². The zero-order valence-electron chi connectivity index (χ0n) is 9.72. The SMILES string of the molecule is CC(C)(C)c1cc2ccccc2[cH-]1.[Cl-].[Cl-].[Zr+3]. The van der Waals surface area contributed by atoms with Crippen LogP contribution in [0.15, 0.2) is 36.4 Å². The predicted molar refractivity (Wildman–Crippen MR) is 58.2 cm³/mol. The van der Waals surface area contributed by atoms with Crippen molar-refractivity contribution in [2.24, 2.45) is 0 Å². The van der Waals surface area contributed by atoms with E-state index in [-0.39, 0.29) is 56.4 Å². The molecular weight excluding hydrogens is 318 g/mol. The van der Waals surface area contributed by atoms with Crippen LogP contribution < -0.4 is 24.8 Å². The third-order valence-corrected chi connectivity index (χ3v) is 2.48. The molecule has 0 nitrogen and oxygen atoms in total. The largest absolute Gasteiger partial charge is 3.00 e. The van der Waals surface area contributed by atoms with Crippen LogP contribution in [0, 0.1) is 0 Å². The number of rotatable bonds is 0. The van der Waals surface area contributed by atoms with Gasteiger partial charge in [-0.1, -0.05) is 26.8 Å². The summed E-state index contributed by atoms with van der Waals surface area (Å²) < 4.78 is 0. The second-order valence-electron chi connectivity index (χ2n) is 4.62. The van der Waals surface area contributed by atoms with Crippen molar-refractivity contribution in [1.29, 1.82) is 0 Å². The Morgan fingerprint density at radius 2 is 1.56 bits per heavy atom. The molecule has 2 aromatic rings. The molecule has 0 N–H and O–H groups in total. The first-order valence-corrected chi connectivity index (χ1v) is 4.73. The van der Waals surface area contributed by atoms with Crippen molar-refractivity contribution in [2.45, 2.75) is 26.2 Å². The first kappa shape index (κ1) is 18.7. The number of benzene rings is 1. The van der Waals surface area contributed by atoms with Gasteiger partial charge in [-0.3, -0.25) is 0 Å². The number of hydrogen-bond acceptors (Lipinski definition) is 0. The summed E-state index contributed by atoms with van der Waals surface area (Å²) in [6, 6.07) is 13.1. The molecule has 0 unspecified atom stereocenters. The van der Waals surface area contributed by atoms with E-state index in [4.69, 9.17) is 0 Å². The summed E-state index contributed by atoms with van der Waals surface area (Å²) in [4.78, 5) is 0. The third-order valence-electron chi connectivity index (χ3n) is 2.48. The molecule has 0 spiro atoms. The van der Waals surface area contributed by atoms with E-state index < -0.39 is 0 Å². The first-order chi connectivity index (χ1) is 6.07. The standard InChI is InChI=1S/C13H15.2ClH.Zr/c1-13(2,3)12-8-10-6-4-5-7-11(10)9-12;;;/h4-9H,1-3H3;2*1H;/q-1;;;+3/p-2. The van der Waals surface area contributed by atoms with Crippen molar-refractivity contribution in [2.75, 3.05) is 0 Å². The minimum Gasteiger partial charge on any atom is -1.00 e. The fourth-order valence-corrected chi connectivity index (χ4v) is 1.58. The molecule has 85 valence electrons. The molecule has 3 heteroatoms. The van der Waals surface area contributed by atoms with E-state index in [1.807, 2.05) is 0 Å². The van der Waals surface area contributed by atoms with Crippen molar-refractivity contribution in [3.8, 4) is 0 Å². The molecule has 0 heterocycles. The van der Waals surface area contributed by atoms with Crippen LogP contribution >= 0.6 is 0 Å². The van der Waals surface area contributed by atoms with Crippen LogP contribution in [0.5, 0.6) is 0 Å². The zero-order chi connectivity index (χ0) is 9.47. The molecule has 2 aromatic carbocycles. The van der Waals surface area contributed by atoms with Gasteiger partial charge in [0.25, 0.3) is 0 Å². The van der Waals surface area contributed by atoms with Gasteiger partial charge in [0, 0.05) is 0 Å². The molecule has 0 aromatic heterocycles. The molecule has 0 saturated heterocycles. The second kappa shape index (κ2) is 6.89. The van der Waals surface area contributed by atoms with E-state index in [0.29, 0.717) is 0 Å². The van der Waals surface area contributed by atoms with E-state index in [9.17, 15) is 0 Å². The van der Waals surface area contributed by atoms with Crippen molar-refractivity contribution in [1.82, 2.24) is 0 Å². The van der Waals surface area contributed by atoms with Gasteiger partial charge in [0.05, 0.1) is 0 Å². The smallest absolute Gasteiger partial charge is 1.00 e. The van der Waals surface area contributed by atoms with Gasteiger partial charge in [0.1, 0.15) is 0 Å². The maximum Gasteiger partial charge on any atom is 3.00 e. The van der Waals surface area contributed by atoms with E-state index >= 15 is 0 Å². The number of fused-ring (bicyclic) bond motifs is 1. The molecule has 0 aliphatic heterocycles. The Hall–Kier alpha value is 0.293. The minimum absolute atomic E-state index is 0. The molecule has 0 aliphatic rings. The Morgan fingerprint density at radius 1 is 1.00 bits per heavy atom. The summed E-state index contributed by atoms with van der Waals surface area (Å²) in [5, 5.41) is 2.71. The number of halogens is 2. The molecule has 0 atom stereocenters. The summed E-state index contributed by atoms with van der Waals surface area (Å²) in [5.41, 5.74) is 1.69. The average molecular weight is 333 g/mol. The van der Waals surface area contributed by atoms with E-state index in [2.05, 4.69) is 57.2 Å². The van der Waals surface area contributed by atoms with Gasteiger partial charge in [-0.15, -0.1) is 40.6 Å². The van der Waals surface area contributed by atoms with Crippen LogP contribution in [-0.4, -0.2) is 0 Å². The van der Waals surface area contributed by atoms with Crippen LogP contribution in [0.1, 0.15) is 26.3 Å². The summed E-state index contributed by atoms with van der Waals surface area (Å²) >= 11 is 0. The number of hydrogen-bond donors (Lipinski definition) is 0. The Kier molecular flexibility index (Phi) is 8.03. The fraction of sp³-hybridized carbons (Fsp3) is 0.308. The van der Waals surface area contributed by atoms with E-state index in [0.717, 1.165) is 0 Å². The summed E-state index contributed by atoms with van der Waals surface area (Å²) in [6.07, 6.45) is 0. The quantitative estimate of drug-likeness (QED) is 0.483. The maximum absolute atomic E-state index is 2.29. The van der Waals surface area contributed by atoms with Crippen LogP contribution in [0.2, 0.25) is 0 Å². The summed E-state index contributed by atoms with van der Waals surface area (Å²) in [5.74, 6) is 0. The van der Waals surface area contributed by atoms with Crippen molar-refractivity contribution >= 4 is 10.8 Å². The summed E-state index contributed by atoms with van der Waals surface area (Å²) in [7, 11) is 0. The zero-order valence-corrected chi connectivity index (χ0v) is 13.7. The first-order valence-electron chi connectivity index (χ1n) is 4.73.